The Kier molecular flexibility index (Phi) is 5.62. The first-order chi connectivity index (χ1) is 9.23. The van der Waals surface area contributed by atoms with Crippen molar-refractivity contribution in [2.75, 3.05) is 6.26 Å². The molecule has 1 aromatic carbocycles. The smallest absolute Gasteiger partial charge is 0.314 e. The van der Waals surface area contributed by atoms with Crippen molar-refractivity contribution in [2.45, 2.75) is 43.6 Å². The van der Waals surface area contributed by atoms with Gasteiger partial charge < -0.3 is 9.84 Å². The molecule has 0 aliphatic carbocycles. The molecular formula is C15H20O4S. The van der Waals surface area contributed by atoms with Gasteiger partial charge in [0, 0.05) is 4.90 Å². The molecule has 0 aromatic heterocycles. The third-order valence-corrected chi connectivity index (χ3v) is 3.33. The Morgan fingerprint density at radius 2 is 1.80 bits per heavy atom. The molecular weight excluding hydrogens is 276 g/mol. The minimum Gasteiger partial charge on any atom is -0.481 e. The number of rotatable bonds is 5. The quantitative estimate of drug-likeness (QED) is 0.667. The van der Waals surface area contributed by atoms with Crippen LogP contribution in [0.3, 0.4) is 0 Å². The molecule has 0 heterocycles. The van der Waals surface area contributed by atoms with Gasteiger partial charge in [0.2, 0.25) is 0 Å². The molecule has 1 N–H and O–H groups in total. The van der Waals surface area contributed by atoms with E-state index in [4.69, 9.17) is 9.84 Å². The molecule has 0 saturated carbocycles. The number of esters is 1. The first-order valence-corrected chi connectivity index (χ1v) is 7.54. The molecule has 4 nitrogen and oxygen atoms in total. The second kappa shape index (κ2) is 6.79. The molecule has 0 radical (unpaired) electrons. The lowest BCUT2D eigenvalue weighted by Crippen LogP contribution is -2.28. The predicted molar refractivity (Wildman–Crippen MR) is 79.1 cm³/mol. The molecule has 0 spiro atoms. The van der Waals surface area contributed by atoms with Crippen molar-refractivity contribution >= 4 is 23.7 Å². The van der Waals surface area contributed by atoms with Gasteiger partial charge in [0.25, 0.3) is 0 Å². The maximum Gasteiger partial charge on any atom is 0.314 e. The van der Waals surface area contributed by atoms with E-state index in [0.717, 1.165) is 4.90 Å². The molecule has 1 rings (SSSR count). The SMILES string of the molecule is CSc1ccc(C(CC(=O)O)C(=O)OC(C)(C)C)cc1. The van der Waals surface area contributed by atoms with Gasteiger partial charge in [-0.1, -0.05) is 12.1 Å². The van der Waals surface area contributed by atoms with Crippen LogP contribution in [-0.4, -0.2) is 28.9 Å². The van der Waals surface area contributed by atoms with E-state index in [1.807, 2.05) is 18.4 Å². The maximum absolute atomic E-state index is 12.2. The number of hydrogen-bond donors (Lipinski definition) is 1. The highest BCUT2D eigenvalue weighted by Gasteiger charge is 2.28. The highest BCUT2D eigenvalue weighted by molar-refractivity contribution is 7.98. The van der Waals surface area contributed by atoms with E-state index in [1.165, 1.54) is 0 Å². The van der Waals surface area contributed by atoms with Crippen LogP contribution in [0.15, 0.2) is 29.2 Å². The van der Waals surface area contributed by atoms with E-state index < -0.39 is 23.5 Å². The first-order valence-electron chi connectivity index (χ1n) is 6.31. The van der Waals surface area contributed by atoms with Gasteiger partial charge in [-0.05, 0) is 44.7 Å². The largest absolute Gasteiger partial charge is 0.481 e. The molecule has 0 bridgehead atoms. The number of carboxylic acids is 1. The zero-order chi connectivity index (χ0) is 15.3. The summed E-state index contributed by atoms with van der Waals surface area (Å²) in [6, 6.07) is 7.31. The van der Waals surface area contributed by atoms with Crippen LogP contribution in [0.4, 0.5) is 0 Å². The summed E-state index contributed by atoms with van der Waals surface area (Å²) in [6.45, 7) is 5.29. The topological polar surface area (TPSA) is 63.6 Å². The molecule has 0 aliphatic rings. The second-order valence-electron chi connectivity index (χ2n) is 5.46. The molecule has 0 amide bonds. The van der Waals surface area contributed by atoms with Gasteiger partial charge in [-0.3, -0.25) is 9.59 Å². The molecule has 0 fully saturated rings. The summed E-state index contributed by atoms with van der Waals surface area (Å²) in [4.78, 5) is 24.2. The van der Waals surface area contributed by atoms with Crippen LogP contribution >= 0.6 is 11.8 Å². The molecule has 5 heteroatoms. The number of hydrogen-bond acceptors (Lipinski definition) is 4. The van der Waals surface area contributed by atoms with Gasteiger partial charge in [0.1, 0.15) is 5.60 Å². The van der Waals surface area contributed by atoms with Crippen molar-refractivity contribution < 1.29 is 19.4 Å². The van der Waals surface area contributed by atoms with Crippen LogP contribution in [0, 0.1) is 0 Å². The number of aliphatic carboxylic acids is 1. The fourth-order valence-corrected chi connectivity index (χ4v) is 2.13. The first kappa shape index (κ1) is 16.6. The fraction of sp³-hybridized carbons (Fsp3) is 0.467. The summed E-state index contributed by atoms with van der Waals surface area (Å²) in [7, 11) is 0. The number of carbonyl (C=O) groups excluding carboxylic acids is 1. The van der Waals surface area contributed by atoms with Gasteiger partial charge in [-0.25, -0.2) is 0 Å². The lowest BCUT2D eigenvalue weighted by Gasteiger charge is -2.23. The van der Waals surface area contributed by atoms with Gasteiger partial charge in [-0.15, -0.1) is 11.8 Å². The third-order valence-electron chi connectivity index (χ3n) is 2.59. The van der Waals surface area contributed by atoms with Crippen LogP contribution in [0.25, 0.3) is 0 Å². The number of benzene rings is 1. The summed E-state index contributed by atoms with van der Waals surface area (Å²) < 4.78 is 5.30. The lowest BCUT2D eigenvalue weighted by atomic mass is 9.95. The number of thioether (sulfide) groups is 1. The average Bonchev–Trinajstić information content (AvgIpc) is 2.34. The Labute approximate surface area is 123 Å². The summed E-state index contributed by atoms with van der Waals surface area (Å²) in [6.07, 6.45) is 1.69. The van der Waals surface area contributed by atoms with Gasteiger partial charge in [0.05, 0.1) is 12.3 Å². The molecule has 20 heavy (non-hydrogen) atoms. The van der Waals surface area contributed by atoms with Crippen molar-refractivity contribution in [2.24, 2.45) is 0 Å². The Balaban J connectivity index is 2.98. The molecule has 1 aromatic rings. The highest BCUT2D eigenvalue weighted by atomic mass is 32.2. The van der Waals surface area contributed by atoms with Gasteiger partial charge >= 0.3 is 11.9 Å². The molecule has 1 atom stereocenters. The summed E-state index contributed by atoms with van der Waals surface area (Å²) in [5.74, 6) is -2.30. The van der Waals surface area contributed by atoms with Crippen molar-refractivity contribution in [1.29, 1.82) is 0 Å². The van der Waals surface area contributed by atoms with Crippen molar-refractivity contribution in [3.8, 4) is 0 Å². The van der Waals surface area contributed by atoms with E-state index >= 15 is 0 Å². The summed E-state index contributed by atoms with van der Waals surface area (Å²) >= 11 is 1.59. The monoisotopic (exact) mass is 296 g/mol. The summed E-state index contributed by atoms with van der Waals surface area (Å²) in [5.41, 5.74) is 0.0343. The van der Waals surface area contributed by atoms with Crippen LogP contribution in [-0.2, 0) is 14.3 Å². The van der Waals surface area contributed by atoms with Crippen molar-refractivity contribution in [3.05, 3.63) is 29.8 Å². The fourth-order valence-electron chi connectivity index (χ4n) is 1.72. The number of carboxylic acid groups (broad SMARTS) is 1. The standard InChI is InChI=1S/C15H20O4S/c1-15(2,3)19-14(18)12(9-13(16)17)10-5-7-11(20-4)8-6-10/h5-8,12H,9H2,1-4H3,(H,16,17). The van der Waals surface area contributed by atoms with Crippen molar-refractivity contribution in [3.63, 3.8) is 0 Å². The maximum atomic E-state index is 12.2. The van der Waals surface area contributed by atoms with E-state index in [0.29, 0.717) is 5.56 Å². The minimum absolute atomic E-state index is 0.270. The van der Waals surface area contributed by atoms with Gasteiger partial charge in [-0.2, -0.15) is 0 Å². The molecule has 0 saturated heterocycles. The van der Waals surface area contributed by atoms with Crippen LogP contribution < -0.4 is 0 Å². The van der Waals surface area contributed by atoms with E-state index in [2.05, 4.69) is 0 Å². The lowest BCUT2D eigenvalue weighted by molar-refractivity contribution is -0.159. The minimum atomic E-state index is -1.02. The number of carbonyl (C=O) groups is 2. The molecule has 1 unspecified atom stereocenters. The second-order valence-corrected chi connectivity index (χ2v) is 6.34. The van der Waals surface area contributed by atoms with E-state index in [-0.39, 0.29) is 6.42 Å². The Bertz CT molecular complexity index is 474. The van der Waals surface area contributed by atoms with Crippen LogP contribution in [0.2, 0.25) is 0 Å². The molecule has 0 aliphatic heterocycles. The highest BCUT2D eigenvalue weighted by Crippen LogP contribution is 2.26. The Morgan fingerprint density at radius 1 is 1.25 bits per heavy atom. The van der Waals surface area contributed by atoms with Crippen LogP contribution in [0.1, 0.15) is 38.7 Å². The van der Waals surface area contributed by atoms with Crippen LogP contribution in [0.5, 0.6) is 0 Å². The summed E-state index contributed by atoms with van der Waals surface area (Å²) in [5, 5.41) is 8.98. The van der Waals surface area contributed by atoms with Gasteiger partial charge in [0.15, 0.2) is 0 Å². The zero-order valence-corrected chi connectivity index (χ0v) is 13.0. The van der Waals surface area contributed by atoms with E-state index in [1.54, 1.807) is 44.7 Å². The number of ether oxygens (including phenoxy) is 1. The predicted octanol–water partition coefficient (Wildman–Crippen LogP) is 3.31. The third kappa shape index (κ3) is 5.25. The average molecular weight is 296 g/mol. The normalized spacial score (nSPS) is 12.8. The van der Waals surface area contributed by atoms with E-state index in [9.17, 15) is 9.59 Å². The Hall–Kier alpha value is -1.49. The van der Waals surface area contributed by atoms with Crippen molar-refractivity contribution in [1.82, 2.24) is 0 Å². The Morgan fingerprint density at radius 3 is 2.20 bits per heavy atom. The molecule has 110 valence electrons. The zero-order valence-electron chi connectivity index (χ0n) is 12.2.